The number of nitrogens with one attached hydrogen (secondary N) is 1. The molecule has 0 spiro atoms. The van der Waals surface area contributed by atoms with Crippen molar-refractivity contribution in [2.24, 2.45) is 5.92 Å². The summed E-state index contributed by atoms with van der Waals surface area (Å²) in [5, 5.41) is 3.42. The van der Waals surface area contributed by atoms with Crippen molar-refractivity contribution in [3.8, 4) is 0 Å². The van der Waals surface area contributed by atoms with Gasteiger partial charge in [0.15, 0.2) is 0 Å². The molecule has 21 heavy (non-hydrogen) atoms. The van der Waals surface area contributed by atoms with E-state index in [9.17, 15) is 0 Å². The van der Waals surface area contributed by atoms with Crippen LogP contribution < -0.4 is 10.2 Å². The van der Waals surface area contributed by atoms with E-state index in [4.69, 9.17) is 4.98 Å². The van der Waals surface area contributed by atoms with Crippen LogP contribution in [0.25, 0.3) is 0 Å². The van der Waals surface area contributed by atoms with E-state index in [1.165, 1.54) is 19.4 Å². The molecule has 2 rings (SSSR count). The number of aromatic nitrogens is 2. The van der Waals surface area contributed by atoms with Crippen LogP contribution in [0.2, 0.25) is 0 Å². The lowest BCUT2D eigenvalue weighted by atomic mass is 10.2. The molecule has 1 aromatic heterocycles. The van der Waals surface area contributed by atoms with Gasteiger partial charge in [-0.25, -0.2) is 4.98 Å². The molecule has 118 valence electrons. The fourth-order valence-electron chi connectivity index (χ4n) is 2.77. The Balaban J connectivity index is 1.89. The average molecular weight is 291 g/mol. The molecule has 0 aromatic carbocycles. The van der Waals surface area contributed by atoms with Gasteiger partial charge in [0.1, 0.15) is 5.82 Å². The van der Waals surface area contributed by atoms with Crippen LogP contribution >= 0.6 is 0 Å². The van der Waals surface area contributed by atoms with Gasteiger partial charge in [0.25, 0.3) is 0 Å². The zero-order valence-electron chi connectivity index (χ0n) is 13.8. The number of likely N-dealkylation sites (tertiary alicyclic amines) is 1. The minimum Gasteiger partial charge on any atom is -0.357 e. The summed E-state index contributed by atoms with van der Waals surface area (Å²) in [5.74, 6) is 1.63. The Kier molecular flexibility index (Phi) is 5.94. The topological polar surface area (TPSA) is 44.3 Å². The van der Waals surface area contributed by atoms with Crippen LogP contribution in [0.5, 0.6) is 0 Å². The Morgan fingerprint density at radius 3 is 2.90 bits per heavy atom. The third-order valence-electron chi connectivity index (χ3n) is 4.08. The highest BCUT2D eigenvalue weighted by molar-refractivity contribution is 5.35. The van der Waals surface area contributed by atoms with Crippen LogP contribution in [0.4, 0.5) is 5.82 Å². The minimum atomic E-state index is 0.638. The van der Waals surface area contributed by atoms with E-state index in [2.05, 4.69) is 48.0 Å². The van der Waals surface area contributed by atoms with Gasteiger partial charge < -0.3 is 15.1 Å². The molecule has 0 radical (unpaired) electrons. The summed E-state index contributed by atoms with van der Waals surface area (Å²) in [4.78, 5) is 13.7. The molecule has 5 nitrogen and oxygen atoms in total. The molecular formula is C16H29N5. The van der Waals surface area contributed by atoms with Crippen molar-refractivity contribution in [3.63, 3.8) is 0 Å². The van der Waals surface area contributed by atoms with Gasteiger partial charge in [-0.15, -0.1) is 0 Å². The molecule has 0 aliphatic carbocycles. The molecule has 1 fully saturated rings. The number of nitrogens with zero attached hydrogens (tertiary/aromatic N) is 4. The predicted octanol–water partition coefficient (Wildman–Crippen LogP) is 1.75. The van der Waals surface area contributed by atoms with Gasteiger partial charge in [-0.3, -0.25) is 4.98 Å². The lowest BCUT2D eigenvalue weighted by molar-refractivity contribution is 0.314. The van der Waals surface area contributed by atoms with Crippen molar-refractivity contribution in [1.82, 2.24) is 20.2 Å². The lowest BCUT2D eigenvalue weighted by Gasteiger charge is -2.26. The highest BCUT2D eigenvalue weighted by Crippen LogP contribution is 2.17. The Bertz CT molecular complexity index is 434. The van der Waals surface area contributed by atoms with Crippen LogP contribution in [0, 0.1) is 5.92 Å². The highest BCUT2D eigenvalue weighted by atomic mass is 15.2. The fourth-order valence-corrected chi connectivity index (χ4v) is 2.77. The summed E-state index contributed by atoms with van der Waals surface area (Å²) in [7, 11) is 4.32. The van der Waals surface area contributed by atoms with Gasteiger partial charge in [-0.05, 0) is 38.9 Å². The molecular weight excluding hydrogens is 262 g/mol. The molecule has 5 heteroatoms. The van der Waals surface area contributed by atoms with Gasteiger partial charge in [-0.2, -0.15) is 0 Å². The second kappa shape index (κ2) is 7.71. The van der Waals surface area contributed by atoms with Gasteiger partial charge in [-0.1, -0.05) is 13.8 Å². The number of hydrogen-bond donors (Lipinski definition) is 1. The monoisotopic (exact) mass is 291 g/mol. The molecule has 1 atom stereocenters. The number of hydrogen-bond acceptors (Lipinski definition) is 5. The maximum Gasteiger partial charge on any atom is 0.147 e. The second-order valence-corrected chi connectivity index (χ2v) is 6.55. The minimum absolute atomic E-state index is 0.638. The second-order valence-electron chi connectivity index (χ2n) is 6.55. The maximum atomic E-state index is 4.72. The SMILES string of the molecule is CC(C)CNCc1cncc(N(C)CC2CCCN2C)n1. The number of rotatable bonds is 7. The van der Waals surface area contributed by atoms with Crippen molar-refractivity contribution >= 4 is 5.82 Å². The van der Waals surface area contributed by atoms with Crippen LogP contribution in [-0.4, -0.2) is 54.6 Å². The Morgan fingerprint density at radius 2 is 2.24 bits per heavy atom. The van der Waals surface area contributed by atoms with Crippen LogP contribution in [0.1, 0.15) is 32.4 Å². The van der Waals surface area contributed by atoms with E-state index in [-0.39, 0.29) is 0 Å². The normalized spacial score (nSPS) is 19.4. The van der Waals surface area contributed by atoms with Crippen molar-refractivity contribution in [1.29, 1.82) is 0 Å². The van der Waals surface area contributed by atoms with E-state index < -0.39 is 0 Å². The summed E-state index contributed by atoms with van der Waals surface area (Å²) in [5.41, 5.74) is 1.01. The molecule has 1 aliphatic heterocycles. The number of likely N-dealkylation sites (N-methyl/N-ethyl adjacent to an activating group) is 2. The van der Waals surface area contributed by atoms with Crippen molar-refractivity contribution in [3.05, 3.63) is 18.1 Å². The first kappa shape index (κ1) is 16.2. The summed E-state index contributed by atoms with van der Waals surface area (Å²) < 4.78 is 0. The van der Waals surface area contributed by atoms with Crippen LogP contribution in [0.3, 0.4) is 0 Å². The smallest absolute Gasteiger partial charge is 0.147 e. The fraction of sp³-hybridized carbons (Fsp3) is 0.750. The summed E-state index contributed by atoms with van der Waals surface area (Å²) in [6.07, 6.45) is 6.30. The largest absolute Gasteiger partial charge is 0.357 e. The maximum absolute atomic E-state index is 4.72. The first-order chi connectivity index (χ1) is 10.1. The first-order valence-corrected chi connectivity index (χ1v) is 7.99. The summed E-state index contributed by atoms with van der Waals surface area (Å²) >= 11 is 0. The Morgan fingerprint density at radius 1 is 1.43 bits per heavy atom. The van der Waals surface area contributed by atoms with Gasteiger partial charge >= 0.3 is 0 Å². The van der Waals surface area contributed by atoms with Gasteiger partial charge in [0.05, 0.1) is 11.9 Å². The van der Waals surface area contributed by atoms with E-state index in [0.717, 1.165) is 31.1 Å². The van der Waals surface area contributed by atoms with E-state index in [0.29, 0.717) is 12.0 Å². The van der Waals surface area contributed by atoms with Crippen molar-refractivity contribution in [2.75, 3.05) is 38.6 Å². The molecule has 1 aromatic rings. The van der Waals surface area contributed by atoms with Crippen LogP contribution in [0.15, 0.2) is 12.4 Å². The molecule has 1 aliphatic rings. The Hall–Kier alpha value is -1.20. The van der Waals surface area contributed by atoms with E-state index in [1.54, 1.807) is 0 Å². The molecule has 2 heterocycles. The quantitative estimate of drug-likeness (QED) is 0.829. The van der Waals surface area contributed by atoms with E-state index in [1.807, 2.05) is 12.4 Å². The molecule has 1 saturated heterocycles. The van der Waals surface area contributed by atoms with Crippen molar-refractivity contribution < 1.29 is 0 Å². The van der Waals surface area contributed by atoms with Crippen molar-refractivity contribution in [2.45, 2.75) is 39.3 Å². The third-order valence-corrected chi connectivity index (χ3v) is 4.08. The standard InChI is InChI=1S/C16H29N5/c1-13(2)8-17-9-14-10-18-11-16(19-14)21(4)12-15-6-5-7-20(15)3/h10-11,13,15,17H,5-9,12H2,1-4H3. The zero-order chi connectivity index (χ0) is 15.2. The number of anilines is 1. The van der Waals surface area contributed by atoms with Gasteiger partial charge in [0, 0.05) is 32.4 Å². The highest BCUT2D eigenvalue weighted by Gasteiger charge is 2.22. The summed E-state index contributed by atoms with van der Waals surface area (Å²) in [6, 6.07) is 0.638. The third kappa shape index (κ3) is 4.93. The molecule has 0 bridgehead atoms. The summed E-state index contributed by atoms with van der Waals surface area (Å²) in [6.45, 7) is 8.45. The van der Waals surface area contributed by atoms with Gasteiger partial charge in [0.2, 0.25) is 0 Å². The molecule has 0 amide bonds. The van der Waals surface area contributed by atoms with E-state index >= 15 is 0 Å². The zero-order valence-corrected chi connectivity index (χ0v) is 13.8. The first-order valence-electron chi connectivity index (χ1n) is 7.99. The van der Waals surface area contributed by atoms with Crippen LogP contribution in [-0.2, 0) is 6.54 Å². The molecule has 1 N–H and O–H groups in total. The molecule has 1 unspecified atom stereocenters. The lowest BCUT2D eigenvalue weighted by Crippen LogP contribution is -2.37. The Labute approximate surface area is 128 Å². The molecule has 0 saturated carbocycles. The predicted molar refractivity (Wildman–Crippen MR) is 87.5 cm³/mol. The average Bonchev–Trinajstić information content (AvgIpc) is 2.84.